The van der Waals surface area contributed by atoms with E-state index in [1.807, 2.05) is 0 Å². The largest absolute Gasteiger partial charge is 0.381 e. The maximum absolute atomic E-state index is 13.9. The van der Waals surface area contributed by atoms with Crippen LogP contribution in [0.4, 0.5) is 8.78 Å². The lowest BCUT2D eigenvalue weighted by Gasteiger charge is -2.25. The Labute approximate surface area is 105 Å². The smallest absolute Gasteiger partial charge is 0.165 e. The summed E-state index contributed by atoms with van der Waals surface area (Å²) in [5.74, 6) is -1.91. The molecule has 0 amide bonds. The fourth-order valence-electron chi connectivity index (χ4n) is 1.94. The molecule has 3 heteroatoms. The quantitative estimate of drug-likeness (QED) is 0.862. The highest BCUT2D eigenvalue weighted by Gasteiger charge is 2.30. The van der Waals surface area contributed by atoms with Gasteiger partial charge in [-0.2, -0.15) is 0 Å². The van der Waals surface area contributed by atoms with Crippen molar-refractivity contribution in [2.45, 2.75) is 19.4 Å². The summed E-state index contributed by atoms with van der Waals surface area (Å²) < 4.78 is 27.5. The molecule has 0 saturated heterocycles. The average Bonchev–Trinajstić information content (AvgIpc) is 2.37. The predicted molar refractivity (Wildman–Crippen MR) is 66.2 cm³/mol. The van der Waals surface area contributed by atoms with Crippen LogP contribution in [0.1, 0.15) is 23.6 Å². The van der Waals surface area contributed by atoms with Gasteiger partial charge in [-0.25, -0.2) is 8.78 Å². The van der Waals surface area contributed by atoms with Gasteiger partial charge in [-0.3, -0.25) is 0 Å². The van der Waals surface area contributed by atoms with Crippen LogP contribution in [0.25, 0.3) is 0 Å². The highest BCUT2D eigenvalue weighted by Crippen LogP contribution is 2.32. The van der Waals surface area contributed by atoms with E-state index in [1.165, 1.54) is 26.0 Å². The monoisotopic (exact) mass is 248 g/mol. The molecule has 0 radical (unpaired) electrons. The Kier molecular flexibility index (Phi) is 3.18. The normalized spacial score (nSPS) is 14.3. The molecule has 0 bridgehead atoms. The molecule has 18 heavy (non-hydrogen) atoms. The van der Waals surface area contributed by atoms with Crippen LogP contribution in [-0.4, -0.2) is 5.11 Å². The van der Waals surface area contributed by atoms with Crippen molar-refractivity contribution in [1.82, 2.24) is 0 Å². The van der Waals surface area contributed by atoms with E-state index in [2.05, 4.69) is 0 Å². The van der Waals surface area contributed by atoms with Crippen molar-refractivity contribution in [1.29, 1.82) is 0 Å². The fourth-order valence-corrected chi connectivity index (χ4v) is 1.94. The Morgan fingerprint density at radius 2 is 1.56 bits per heavy atom. The minimum atomic E-state index is -1.56. The number of hydrogen-bond acceptors (Lipinski definition) is 1. The Hall–Kier alpha value is -1.74. The second-order valence-electron chi connectivity index (χ2n) is 4.50. The molecule has 2 aromatic carbocycles. The zero-order valence-electron chi connectivity index (χ0n) is 10.2. The Bertz CT molecular complexity index is 562. The first-order valence-electron chi connectivity index (χ1n) is 5.67. The van der Waals surface area contributed by atoms with E-state index < -0.39 is 17.2 Å². The molecular formula is C15H14F2O. The Balaban J connectivity index is 2.58. The maximum Gasteiger partial charge on any atom is 0.165 e. The van der Waals surface area contributed by atoms with Gasteiger partial charge in [0.2, 0.25) is 0 Å². The first kappa shape index (κ1) is 12.7. The topological polar surface area (TPSA) is 20.2 Å². The van der Waals surface area contributed by atoms with Crippen molar-refractivity contribution in [3.8, 4) is 0 Å². The highest BCUT2D eigenvalue weighted by atomic mass is 19.2. The van der Waals surface area contributed by atoms with Gasteiger partial charge in [0.1, 0.15) is 5.60 Å². The third-order valence-corrected chi connectivity index (χ3v) is 3.14. The maximum atomic E-state index is 13.9. The minimum Gasteiger partial charge on any atom is -0.381 e. The van der Waals surface area contributed by atoms with Crippen molar-refractivity contribution in [3.05, 3.63) is 70.8 Å². The zero-order chi connectivity index (χ0) is 13.3. The van der Waals surface area contributed by atoms with Crippen LogP contribution in [0, 0.1) is 18.6 Å². The first-order valence-corrected chi connectivity index (χ1v) is 5.67. The van der Waals surface area contributed by atoms with Gasteiger partial charge in [-0.05, 0) is 25.0 Å². The van der Waals surface area contributed by atoms with Gasteiger partial charge in [0.25, 0.3) is 0 Å². The first-order chi connectivity index (χ1) is 8.44. The average molecular weight is 248 g/mol. The molecule has 0 heterocycles. The van der Waals surface area contributed by atoms with Crippen molar-refractivity contribution < 1.29 is 13.9 Å². The van der Waals surface area contributed by atoms with Crippen LogP contribution in [0.15, 0.2) is 42.5 Å². The molecule has 0 saturated carbocycles. The van der Waals surface area contributed by atoms with E-state index in [1.54, 1.807) is 30.3 Å². The molecule has 0 aliphatic heterocycles. The van der Waals surface area contributed by atoms with Gasteiger partial charge >= 0.3 is 0 Å². The molecule has 1 N–H and O–H groups in total. The SMILES string of the molecule is Cc1ccc(C(C)(O)c2ccccc2)c(F)c1F. The molecular weight excluding hydrogens is 234 g/mol. The minimum absolute atomic E-state index is 0.0585. The van der Waals surface area contributed by atoms with Crippen molar-refractivity contribution in [2.75, 3.05) is 0 Å². The number of aliphatic hydroxyl groups is 1. The zero-order valence-corrected chi connectivity index (χ0v) is 10.2. The number of benzene rings is 2. The molecule has 2 aromatic rings. The highest BCUT2D eigenvalue weighted by molar-refractivity contribution is 5.37. The van der Waals surface area contributed by atoms with E-state index in [0.29, 0.717) is 5.56 Å². The standard InChI is InChI=1S/C15H14F2O/c1-10-8-9-12(14(17)13(10)16)15(2,18)11-6-4-3-5-7-11/h3-9,18H,1-2H3. The summed E-state index contributed by atoms with van der Waals surface area (Å²) in [6.45, 7) is 2.94. The summed E-state index contributed by atoms with van der Waals surface area (Å²) in [5, 5.41) is 10.4. The van der Waals surface area contributed by atoms with E-state index >= 15 is 0 Å². The summed E-state index contributed by atoms with van der Waals surface area (Å²) in [7, 11) is 0. The molecule has 1 nitrogen and oxygen atoms in total. The van der Waals surface area contributed by atoms with Crippen LogP contribution in [0.2, 0.25) is 0 Å². The summed E-state index contributed by atoms with van der Waals surface area (Å²) in [6.07, 6.45) is 0. The van der Waals surface area contributed by atoms with Crippen molar-refractivity contribution in [2.24, 2.45) is 0 Å². The van der Waals surface area contributed by atoms with E-state index in [-0.39, 0.29) is 11.1 Å². The second kappa shape index (κ2) is 4.50. The molecule has 1 atom stereocenters. The van der Waals surface area contributed by atoms with Gasteiger partial charge in [-0.15, -0.1) is 0 Å². The molecule has 1 unspecified atom stereocenters. The van der Waals surface area contributed by atoms with Crippen LogP contribution in [0.3, 0.4) is 0 Å². The summed E-state index contributed by atoms with van der Waals surface area (Å²) >= 11 is 0. The Morgan fingerprint density at radius 3 is 2.17 bits per heavy atom. The lowest BCUT2D eigenvalue weighted by atomic mass is 9.87. The van der Waals surface area contributed by atoms with Gasteiger partial charge in [0, 0.05) is 5.56 Å². The molecule has 94 valence electrons. The van der Waals surface area contributed by atoms with Gasteiger partial charge < -0.3 is 5.11 Å². The fraction of sp³-hybridized carbons (Fsp3) is 0.200. The van der Waals surface area contributed by atoms with Crippen molar-refractivity contribution >= 4 is 0 Å². The third-order valence-electron chi connectivity index (χ3n) is 3.14. The molecule has 0 aliphatic rings. The summed E-state index contributed by atoms with van der Waals surface area (Å²) in [6, 6.07) is 11.5. The molecule has 2 rings (SSSR count). The van der Waals surface area contributed by atoms with Crippen LogP contribution >= 0.6 is 0 Å². The third kappa shape index (κ3) is 2.02. The predicted octanol–water partition coefficient (Wildman–Crippen LogP) is 3.53. The lowest BCUT2D eigenvalue weighted by Crippen LogP contribution is -2.25. The van der Waals surface area contributed by atoms with Gasteiger partial charge in [-0.1, -0.05) is 42.5 Å². The Morgan fingerprint density at radius 1 is 0.944 bits per heavy atom. The van der Waals surface area contributed by atoms with E-state index in [0.717, 1.165) is 0 Å². The number of rotatable bonds is 2. The van der Waals surface area contributed by atoms with Crippen LogP contribution < -0.4 is 0 Å². The van der Waals surface area contributed by atoms with Crippen LogP contribution in [-0.2, 0) is 5.60 Å². The van der Waals surface area contributed by atoms with E-state index in [4.69, 9.17) is 0 Å². The van der Waals surface area contributed by atoms with Gasteiger partial charge in [0.05, 0.1) is 0 Å². The summed E-state index contributed by atoms with van der Waals surface area (Å²) in [4.78, 5) is 0. The number of aryl methyl sites for hydroxylation is 1. The lowest BCUT2D eigenvalue weighted by molar-refractivity contribution is 0.0970. The molecule has 0 aromatic heterocycles. The summed E-state index contributed by atoms with van der Waals surface area (Å²) in [5.41, 5.74) is -0.871. The molecule has 0 fully saturated rings. The van der Waals surface area contributed by atoms with Gasteiger partial charge in [0.15, 0.2) is 11.6 Å². The second-order valence-corrected chi connectivity index (χ2v) is 4.50. The van der Waals surface area contributed by atoms with Crippen LogP contribution in [0.5, 0.6) is 0 Å². The molecule has 0 aliphatic carbocycles. The number of hydrogen-bond donors (Lipinski definition) is 1. The van der Waals surface area contributed by atoms with E-state index in [9.17, 15) is 13.9 Å². The molecule has 0 spiro atoms. The van der Waals surface area contributed by atoms with Crippen molar-refractivity contribution in [3.63, 3.8) is 0 Å². The number of halogens is 2.